The van der Waals surface area contributed by atoms with Crippen molar-refractivity contribution in [3.05, 3.63) is 28.3 Å². The molecule has 2 N–H and O–H groups in total. The van der Waals surface area contributed by atoms with Crippen molar-refractivity contribution in [1.82, 2.24) is 10.0 Å². The van der Waals surface area contributed by atoms with Gasteiger partial charge in [0.25, 0.3) is 0 Å². The van der Waals surface area contributed by atoms with Crippen LogP contribution in [-0.2, 0) is 16.6 Å². The highest BCUT2D eigenvalue weighted by Crippen LogP contribution is 2.26. The molecule has 1 aliphatic rings. The third kappa shape index (κ3) is 3.28. The van der Waals surface area contributed by atoms with Crippen LogP contribution in [0.15, 0.2) is 17.0 Å². The molecule has 106 valence electrons. The fourth-order valence-electron chi connectivity index (χ4n) is 2.17. The van der Waals surface area contributed by atoms with E-state index in [1.165, 1.54) is 6.07 Å². The summed E-state index contributed by atoms with van der Waals surface area (Å²) in [6.45, 7) is 2.41. The van der Waals surface area contributed by atoms with E-state index in [0.717, 1.165) is 30.4 Å². The third-order valence-electron chi connectivity index (χ3n) is 3.52. The molecule has 0 aromatic heterocycles. The smallest absolute Gasteiger partial charge is 0.241 e. The van der Waals surface area contributed by atoms with Crippen molar-refractivity contribution < 1.29 is 8.42 Å². The van der Waals surface area contributed by atoms with Crippen LogP contribution in [0.1, 0.15) is 30.4 Å². The van der Waals surface area contributed by atoms with E-state index in [-0.39, 0.29) is 10.9 Å². The Balaban J connectivity index is 2.37. The van der Waals surface area contributed by atoms with Crippen LogP contribution in [0.3, 0.4) is 0 Å². The Morgan fingerprint density at radius 3 is 2.58 bits per heavy atom. The van der Waals surface area contributed by atoms with Crippen LogP contribution in [0.25, 0.3) is 0 Å². The Morgan fingerprint density at radius 2 is 2.05 bits per heavy atom. The molecule has 0 bridgehead atoms. The molecule has 0 aliphatic heterocycles. The zero-order chi connectivity index (χ0) is 14.0. The van der Waals surface area contributed by atoms with E-state index in [1.807, 2.05) is 14.0 Å². The van der Waals surface area contributed by atoms with Gasteiger partial charge < -0.3 is 5.32 Å². The predicted molar refractivity (Wildman–Crippen MR) is 76.9 cm³/mol. The largest absolute Gasteiger partial charge is 0.316 e. The van der Waals surface area contributed by atoms with Crippen LogP contribution in [0.4, 0.5) is 0 Å². The van der Waals surface area contributed by atoms with Gasteiger partial charge in [-0.2, -0.15) is 0 Å². The Labute approximate surface area is 119 Å². The highest BCUT2D eigenvalue weighted by atomic mass is 35.5. The van der Waals surface area contributed by atoms with Crippen LogP contribution in [0.5, 0.6) is 0 Å². The molecule has 2 rings (SSSR count). The quantitative estimate of drug-likeness (QED) is 0.876. The maximum Gasteiger partial charge on any atom is 0.241 e. The van der Waals surface area contributed by atoms with Gasteiger partial charge in [0.05, 0.1) is 4.90 Å². The van der Waals surface area contributed by atoms with E-state index < -0.39 is 10.0 Å². The molecular formula is C13H19ClN2O2S. The van der Waals surface area contributed by atoms with Gasteiger partial charge in [-0.1, -0.05) is 18.0 Å². The second-order valence-corrected chi connectivity index (χ2v) is 7.09. The van der Waals surface area contributed by atoms with Crippen LogP contribution in [-0.4, -0.2) is 21.5 Å². The Kier molecular flexibility index (Phi) is 4.50. The standard InChI is InChI=1S/C13H19ClN2O2S/c1-9-10(8-15-2)6-11(14)7-13(9)19(17,18)16-12-4-3-5-12/h6-7,12,15-16H,3-5,8H2,1-2H3. The molecule has 0 saturated heterocycles. The van der Waals surface area contributed by atoms with Crippen molar-refractivity contribution in [3.8, 4) is 0 Å². The molecule has 0 spiro atoms. The Hall–Kier alpha value is -0.620. The van der Waals surface area contributed by atoms with Gasteiger partial charge in [-0.25, -0.2) is 13.1 Å². The van der Waals surface area contributed by atoms with Crippen molar-refractivity contribution in [2.24, 2.45) is 0 Å². The first-order chi connectivity index (χ1) is 8.94. The van der Waals surface area contributed by atoms with Gasteiger partial charge >= 0.3 is 0 Å². The topological polar surface area (TPSA) is 58.2 Å². The molecule has 1 aromatic carbocycles. The molecule has 6 heteroatoms. The Morgan fingerprint density at radius 1 is 1.37 bits per heavy atom. The van der Waals surface area contributed by atoms with Crippen molar-refractivity contribution in [3.63, 3.8) is 0 Å². The van der Waals surface area contributed by atoms with Crippen molar-refractivity contribution in [1.29, 1.82) is 0 Å². The van der Waals surface area contributed by atoms with Crippen LogP contribution >= 0.6 is 11.6 Å². The van der Waals surface area contributed by atoms with Gasteiger partial charge in [0.1, 0.15) is 0 Å². The minimum atomic E-state index is -3.48. The summed E-state index contributed by atoms with van der Waals surface area (Å²) in [5.41, 5.74) is 1.66. The lowest BCUT2D eigenvalue weighted by Gasteiger charge is -2.26. The molecule has 4 nitrogen and oxygen atoms in total. The summed E-state index contributed by atoms with van der Waals surface area (Å²) in [4.78, 5) is 0.289. The average Bonchev–Trinajstić information content (AvgIpc) is 2.28. The van der Waals surface area contributed by atoms with Gasteiger partial charge in [-0.05, 0) is 50.1 Å². The number of rotatable bonds is 5. The number of hydrogen-bond acceptors (Lipinski definition) is 3. The maximum atomic E-state index is 12.4. The van der Waals surface area contributed by atoms with Crippen LogP contribution in [0, 0.1) is 6.92 Å². The molecule has 1 saturated carbocycles. The van der Waals surface area contributed by atoms with Crippen molar-refractivity contribution in [2.75, 3.05) is 7.05 Å². The Bertz CT molecular complexity index is 568. The second-order valence-electron chi connectivity index (χ2n) is 4.97. The van der Waals surface area contributed by atoms with E-state index >= 15 is 0 Å². The molecule has 1 aliphatic carbocycles. The van der Waals surface area contributed by atoms with Crippen LogP contribution in [0.2, 0.25) is 5.02 Å². The van der Waals surface area contributed by atoms with E-state index in [9.17, 15) is 8.42 Å². The molecule has 0 unspecified atom stereocenters. The van der Waals surface area contributed by atoms with E-state index in [4.69, 9.17) is 11.6 Å². The molecule has 0 radical (unpaired) electrons. The fraction of sp³-hybridized carbons (Fsp3) is 0.538. The average molecular weight is 303 g/mol. The minimum absolute atomic E-state index is 0.0798. The minimum Gasteiger partial charge on any atom is -0.316 e. The number of halogens is 1. The van der Waals surface area contributed by atoms with E-state index in [0.29, 0.717) is 11.6 Å². The molecule has 0 amide bonds. The lowest BCUT2D eigenvalue weighted by molar-refractivity contribution is 0.383. The first-order valence-corrected chi connectivity index (χ1v) is 8.26. The normalized spacial score (nSPS) is 16.4. The van der Waals surface area contributed by atoms with E-state index in [2.05, 4.69) is 10.0 Å². The van der Waals surface area contributed by atoms with Gasteiger partial charge in [-0.3, -0.25) is 0 Å². The second kappa shape index (κ2) is 5.79. The number of benzene rings is 1. The summed E-state index contributed by atoms with van der Waals surface area (Å²) in [5.74, 6) is 0. The summed E-state index contributed by atoms with van der Waals surface area (Å²) in [5, 5.41) is 3.47. The van der Waals surface area contributed by atoms with Crippen molar-refractivity contribution in [2.45, 2.75) is 43.7 Å². The summed E-state index contributed by atoms with van der Waals surface area (Å²) >= 11 is 6.03. The van der Waals surface area contributed by atoms with Crippen molar-refractivity contribution >= 4 is 21.6 Å². The number of hydrogen-bond donors (Lipinski definition) is 2. The number of nitrogens with one attached hydrogen (secondary N) is 2. The molecule has 0 atom stereocenters. The molecule has 1 aromatic rings. The van der Waals surface area contributed by atoms with Gasteiger partial charge in [0, 0.05) is 17.6 Å². The predicted octanol–water partition coefficient (Wildman–Crippen LogP) is 2.20. The van der Waals surface area contributed by atoms with Crippen LogP contribution < -0.4 is 10.0 Å². The third-order valence-corrected chi connectivity index (χ3v) is 5.38. The number of sulfonamides is 1. The molecule has 1 fully saturated rings. The summed E-state index contributed by atoms with van der Waals surface area (Å²) in [6, 6.07) is 3.41. The van der Waals surface area contributed by atoms with Gasteiger partial charge in [-0.15, -0.1) is 0 Å². The fourth-order valence-corrected chi connectivity index (χ4v) is 4.09. The highest BCUT2D eigenvalue weighted by Gasteiger charge is 2.26. The first-order valence-electron chi connectivity index (χ1n) is 6.40. The van der Waals surface area contributed by atoms with E-state index in [1.54, 1.807) is 6.07 Å². The molecule has 19 heavy (non-hydrogen) atoms. The summed E-state index contributed by atoms with van der Waals surface area (Å²) in [6.07, 6.45) is 2.93. The lowest BCUT2D eigenvalue weighted by atomic mass is 9.94. The maximum absolute atomic E-state index is 12.4. The summed E-state index contributed by atoms with van der Waals surface area (Å²) in [7, 11) is -1.66. The van der Waals surface area contributed by atoms with Gasteiger partial charge in [0.15, 0.2) is 0 Å². The monoisotopic (exact) mass is 302 g/mol. The highest BCUT2D eigenvalue weighted by molar-refractivity contribution is 7.89. The lowest BCUT2D eigenvalue weighted by Crippen LogP contribution is -2.39. The SMILES string of the molecule is CNCc1cc(Cl)cc(S(=O)(=O)NC2CCC2)c1C. The first kappa shape index (κ1) is 14.8. The molecule has 0 heterocycles. The zero-order valence-electron chi connectivity index (χ0n) is 11.2. The zero-order valence-corrected chi connectivity index (χ0v) is 12.7. The molecular weight excluding hydrogens is 284 g/mol. The summed E-state index contributed by atoms with van der Waals surface area (Å²) < 4.78 is 27.5. The van der Waals surface area contributed by atoms with Gasteiger partial charge in [0.2, 0.25) is 10.0 Å².